The summed E-state index contributed by atoms with van der Waals surface area (Å²) in [6.45, 7) is -0.0430. The maximum absolute atomic E-state index is 13.4. The molecule has 0 radical (unpaired) electrons. The summed E-state index contributed by atoms with van der Waals surface area (Å²) in [7, 11) is 0. The van der Waals surface area contributed by atoms with Crippen molar-refractivity contribution in [2.24, 2.45) is 11.7 Å². The third kappa shape index (κ3) is 6.07. The Balaban J connectivity index is 1.57. The Morgan fingerprint density at radius 3 is 2.45 bits per heavy atom. The molecule has 1 amide bonds. The summed E-state index contributed by atoms with van der Waals surface area (Å²) in [4.78, 5) is 12.5. The molecule has 0 aliphatic heterocycles. The second-order valence-corrected chi connectivity index (χ2v) is 11.9. The van der Waals surface area contributed by atoms with Gasteiger partial charge in [0, 0.05) is 33.1 Å². The summed E-state index contributed by atoms with van der Waals surface area (Å²) in [5.74, 6) is -0.0577. The fourth-order valence-electron chi connectivity index (χ4n) is 4.71. The maximum Gasteiger partial charge on any atom is 0.417 e. The number of primary amides is 1. The Hall–Kier alpha value is -2.86. The summed E-state index contributed by atoms with van der Waals surface area (Å²) in [6, 6.07) is 13.9. The molecule has 1 aromatic heterocycles. The molecule has 0 bridgehead atoms. The van der Waals surface area contributed by atoms with Crippen molar-refractivity contribution in [1.29, 1.82) is 0 Å². The van der Waals surface area contributed by atoms with Gasteiger partial charge in [0.1, 0.15) is 11.3 Å². The van der Waals surface area contributed by atoms with Crippen molar-refractivity contribution in [3.63, 3.8) is 0 Å². The Kier molecular flexibility index (Phi) is 8.02. The zero-order valence-corrected chi connectivity index (χ0v) is 24.0. The van der Waals surface area contributed by atoms with Crippen LogP contribution in [0.1, 0.15) is 39.9 Å². The molecule has 3 aromatic carbocycles. The molecule has 1 aliphatic carbocycles. The van der Waals surface area contributed by atoms with Crippen molar-refractivity contribution in [2.45, 2.75) is 31.9 Å². The minimum absolute atomic E-state index is 0.0430. The molecule has 0 saturated heterocycles. The molecule has 4 aromatic rings. The zero-order valence-electron chi connectivity index (χ0n) is 20.8. The van der Waals surface area contributed by atoms with E-state index in [-0.39, 0.29) is 34.3 Å². The van der Waals surface area contributed by atoms with E-state index < -0.39 is 28.9 Å². The number of anilines is 1. The molecular formula is C28H23BrClF3N2O4S. The van der Waals surface area contributed by atoms with Gasteiger partial charge in [0.05, 0.1) is 16.8 Å². The Morgan fingerprint density at radius 2 is 1.85 bits per heavy atom. The monoisotopic (exact) mass is 654 g/mol. The van der Waals surface area contributed by atoms with Gasteiger partial charge in [0.25, 0.3) is 17.2 Å². The molecule has 1 fully saturated rings. The van der Waals surface area contributed by atoms with Gasteiger partial charge in [0.15, 0.2) is 0 Å². The van der Waals surface area contributed by atoms with Crippen LogP contribution in [0.3, 0.4) is 0 Å². The number of carbonyl (C=O) groups excluding carboxylic acids is 1. The van der Waals surface area contributed by atoms with Crippen molar-refractivity contribution in [3.8, 4) is 11.3 Å². The van der Waals surface area contributed by atoms with E-state index in [1.165, 1.54) is 16.4 Å². The molecule has 1 saturated carbocycles. The van der Waals surface area contributed by atoms with Crippen LogP contribution in [-0.2, 0) is 30.3 Å². The highest BCUT2D eigenvalue weighted by Gasteiger charge is 2.33. The van der Waals surface area contributed by atoms with Crippen LogP contribution >= 0.6 is 27.5 Å². The highest BCUT2D eigenvalue weighted by Crippen LogP contribution is 2.41. The highest BCUT2D eigenvalue weighted by atomic mass is 79.9. The summed E-state index contributed by atoms with van der Waals surface area (Å²) < 4.78 is 70.3. The van der Waals surface area contributed by atoms with E-state index in [2.05, 4.69) is 15.9 Å². The number of nitrogens with zero attached hydrogens (tertiary/aromatic N) is 1. The molecule has 1 atom stereocenters. The third-order valence-electron chi connectivity index (χ3n) is 6.84. The van der Waals surface area contributed by atoms with Crippen LogP contribution in [0.25, 0.3) is 22.3 Å². The summed E-state index contributed by atoms with van der Waals surface area (Å²) in [5.41, 5.74) is 7.47. The number of nitrogens with two attached hydrogens (primary N) is 1. The Morgan fingerprint density at radius 1 is 1.15 bits per heavy atom. The predicted molar refractivity (Wildman–Crippen MR) is 153 cm³/mol. The number of alkyl halides is 3. The van der Waals surface area contributed by atoms with Crippen LogP contribution in [0, 0.1) is 5.92 Å². The van der Waals surface area contributed by atoms with Crippen LogP contribution in [-0.4, -0.2) is 21.2 Å². The van der Waals surface area contributed by atoms with Crippen molar-refractivity contribution in [2.75, 3.05) is 10.8 Å². The van der Waals surface area contributed by atoms with E-state index in [0.29, 0.717) is 39.6 Å². The second-order valence-electron chi connectivity index (χ2n) is 9.70. The smallest absolute Gasteiger partial charge is 0.417 e. The molecule has 5 rings (SSSR count). The van der Waals surface area contributed by atoms with Gasteiger partial charge in [-0.15, -0.1) is 0 Å². The number of hydrogen-bond donors (Lipinski definition) is 2. The van der Waals surface area contributed by atoms with Crippen LogP contribution in [0.15, 0.2) is 63.5 Å². The number of hydrogen-bond acceptors (Lipinski definition) is 3. The first-order valence-electron chi connectivity index (χ1n) is 12.3. The minimum Gasteiger partial charge on any atom is -0.455 e. The van der Waals surface area contributed by atoms with Gasteiger partial charge < -0.3 is 10.2 Å². The predicted octanol–water partition coefficient (Wildman–Crippen LogP) is 7.77. The lowest BCUT2D eigenvalue weighted by Gasteiger charge is -2.23. The topological polar surface area (TPSA) is 96.8 Å². The van der Waals surface area contributed by atoms with E-state index in [9.17, 15) is 26.7 Å². The number of benzene rings is 3. The van der Waals surface area contributed by atoms with Crippen LogP contribution in [0.5, 0.6) is 0 Å². The lowest BCUT2D eigenvalue weighted by Crippen LogP contribution is -2.29. The van der Waals surface area contributed by atoms with E-state index >= 15 is 0 Å². The molecule has 6 nitrogen and oxygen atoms in total. The lowest BCUT2D eigenvalue weighted by molar-refractivity contribution is -0.138. The van der Waals surface area contributed by atoms with Crippen LogP contribution in [0.4, 0.5) is 18.9 Å². The second kappa shape index (κ2) is 11.2. The van der Waals surface area contributed by atoms with Gasteiger partial charge in [-0.1, -0.05) is 33.6 Å². The Labute approximate surface area is 243 Å². The number of halogens is 5. The first-order chi connectivity index (χ1) is 18.9. The fraction of sp³-hybridized carbons (Fsp3) is 0.250. The van der Waals surface area contributed by atoms with Gasteiger partial charge in [-0.3, -0.25) is 13.7 Å². The molecule has 3 N–H and O–H groups in total. The van der Waals surface area contributed by atoms with Crippen molar-refractivity contribution in [1.82, 2.24) is 0 Å². The largest absolute Gasteiger partial charge is 0.455 e. The van der Waals surface area contributed by atoms with Crippen molar-refractivity contribution >= 4 is 61.4 Å². The summed E-state index contributed by atoms with van der Waals surface area (Å²) in [5, 5.41) is 0.979. The third-order valence-corrected chi connectivity index (χ3v) is 8.54. The normalized spacial score (nSPS) is 14.4. The first-order valence-corrected chi connectivity index (χ1v) is 14.5. The van der Waals surface area contributed by atoms with Gasteiger partial charge in [-0.25, -0.2) is 4.21 Å². The molecular weight excluding hydrogens is 633 g/mol. The average Bonchev–Trinajstić information content (AvgIpc) is 3.62. The van der Waals surface area contributed by atoms with E-state index in [1.807, 2.05) is 0 Å². The number of fused-ring (bicyclic) bond motifs is 1. The van der Waals surface area contributed by atoms with Crippen molar-refractivity contribution < 1.29 is 31.1 Å². The zero-order chi connectivity index (χ0) is 28.8. The SMILES string of the molecule is NC(=O)c1c(-c2ccc(Cl)cc2)oc2cc(N(CCc3ccc(Br)c(C(F)(F)F)c3)S(=O)O)c(CC3CC3)cc12. The van der Waals surface area contributed by atoms with E-state index in [4.69, 9.17) is 21.8 Å². The number of amides is 1. The van der Waals surface area contributed by atoms with E-state index in [1.54, 1.807) is 36.4 Å². The number of furan rings is 1. The van der Waals surface area contributed by atoms with Crippen molar-refractivity contribution in [3.05, 3.63) is 86.3 Å². The number of rotatable bonds is 9. The van der Waals surface area contributed by atoms with Gasteiger partial charge >= 0.3 is 6.18 Å². The number of carbonyl (C=O) groups is 1. The fourth-order valence-corrected chi connectivity index (χ4v) is 5.90. The molecule has 0 spiro atoms. The molecule has 1 heterocycles. The molecule has 1 unspecified atom stereocenters. The first kappa shape index (κ1) is 28.7. The Bertz CT molecular complexity index is 1620. The minimum atomic E-state index is -4.55. The summed E-state index contributed by atoms with van der Waals surface area (Å²) in [6.07, 6.45) is -1.87. The van der Waals surface area contributed by atoms with E-state index in [0.717, 1.165) is 24.5 Å². The molecule has 210 valence electrons. The lowest BCUT2D eigenvalue weighted by atomic mass is 9.99. The standard InChI is InChI=1S/C28H23BrClF3N2O4S/c29-22-8-3-16(12-21(22)28(31,32)33)9-10-35(40(37)38)23-14-24-20(13-18(23)11-15-1-2-15)25(27(34)36)26(39-24)17-4-6-19(30)7-5-17/h3-8,12-15H,1-2,9-11H2,(H2,34,36)(H,37,38). The highest BCUT2D eigenvalue weighted by molar-refractivity contribution is 9.10. The molecule has 12 heteroatoms. The van der Waals surface area contributed by atoms with Gasteiger partial charge in [-0.2, -0.15) is 13.2 Å². The quantitative estimate of drug-likeness (QED) is 0.180. The van der Waals surface area contributed by atoms with Crippen LogP contribution in [0.2, 0.25) is 5.02 Å². The average molecular weight is 656 g/mol. The molecule has 1 aliphatic rings. The van der Waals surface area contributed by atoms with Crippen LogP contribution < -0.4 is 10.0 Å². The summed E-state index contributed by atoms with van der Waals surface area (Å²) >= 11 is 6.46. The maximum atomic E-state index is 13.4. The van der Waals surface area contributed by atoms with Gasteiger partial charge in [0.2, 0.25) is 0 Å². The molecule has 40 heavy (non-hydrogen) atoms. The van der Waals surface area contributed by atoms with Gasteiger partial charge in [-0.05, 0) is 85.2 Å².